The number of nitrogens with one attached hydrogen (secondary N) is 1. The van der Waals surface area contributed by atoms with Crippen LogP contribution in [0.1, 0.15) is 75.0 Å². The van der Waals surface area contributed by atoms with Crippen LogP contribution in [0.3, 0.4) is 0 Å². The number of aliphatic hydroxyl groups is 1. The molecule has 1 aromatic carbocycles. The summed E-state index contributed by atoms with van der Waals surface area (Å²) in [6, 6.07) is 9.43. The Kier molecular flexibility index (Phi) is 5.60. The van der Waals surface area contributed by atoms with E-state index in [0.717, 1.165) is 29.7 Å². The van der Waals surface area contributed by atoms with E-state index in [2.05, 4.69) is 28.1 Å². The molecule has 0 radical (unpaired) electrons. The van der Waals surface area contributed by atoms with Gasteiger partial charge in [-0.15, -0.1) is 0 Å². The highest BCUT2D eigenvalue weighted by Gasteiger charge is 2.25. The summed E-state index contributed by atoms with van der Waals surface area (Å²) < 4.78 is 2.08. The first-order valence-electron chi connectivity index (χ1n) is 10.8. The quantitative estimate of drug-likeness (QED) is 0.621. The molecule has 30 heavy (non-hydrogen) atoms. The number of anilines is 1. The molecule has 1 saturated carbocycles. The van der Waals surface area contributed by atoms with Gasteiger partial charge in [0.05, 0.1) is 17.2 Å². The molecular weight excluding hydrogens is 376 g/mol. The molecule has 2 N–H and O–H groups in total. The highest BCUT2D eigenvalue weighted by Crippen LogP contribution is 2.36. The van der Waals surface area contributed by atoms with Crippen molar-refractivity contribution in [3.05, 3.63) is 54.0 Å². The van der Waals surface area contributed by atoms with E-state index >= 15 is 0 Å². The monoisotopic (exact) mass is 406 g/mol. The number of hydrogen-bond donors (Lipinski definition) is 2. The van der Waals surface area contributed by atoms with Crippen LogP contribution in [0.15, 0.2) is 42.7 Å². The first-order chi connectivity index (χ1) is 14.3. The molecule has 0 spiro atoms. The molecule has 0 unspecified atom stereocenters. The summed E-state index contributed by atoms with van der Waals surface area (Å²) in [7, 11) is 0. The third kappa shape index (κ3) is 4.24. The molecule has 6 nitrogen and oxygen atoms in total. The number of fused-ring (bicyclic) bond motifs is 1. The molecule has 0 aliphatic heterocycles. The fourth-order valence-corrected chi connectivity index (χ4v) is 4.39. The lowest BCUT2D eigenvalue weighted by Gasteiger charge is -2.27. The maximum Gasteiger partial charge on any atom is 0.274 e. The standard InChI is InChI=1S/C24H30N4O2/c1-4-16-8-10-18(11-9-16)28-15-17-13-22(19(24(2,3)30)14-21(17)27-28)26-23(29)20-7-5-6-12-25-20/h5-7,12-16,18,30H,4,8-11H2,1-3H3,(H,26,29). The maximum absolute atomic E-state index is 12.7. The van der Waals surface area contributed by atoms with Crippen LogP contribution in [0.2, 0.25) is 0 Å². The minimum absolute atomic E-state index is 0.300. The van der Waals surface area contributed by atoms with Crippen LogP contribution in [0, 0.1) is 5.92 Å². The van der Waals surface area contributed by atoms with E-state index in [9.17, 15) is 9.90 Å². The molecule has 6 heteroatoms. The molecular formula is C24H30N4O2. The SMILES string of the molecule is CCC1CCC(n2cc3cc(NC(=O)c4ccccn4)c(C(C)(C)O)cc3n2)CC1. The zero-order valence-electron chi connectivity index (χ0n) is 17.9. The largest absolute Gasteiger partial charge is 0.386 e. The second kappa shape index (κ2) is 8.19. The molecule has 1 fully saturated rings. The van der Waals surface area contributed by atoms with Gasteiger partial charge >= 0.3 is 0 Å². The number of benzene rings is 1. The zero-order valence-corrected chi connectivity index (χ0v) is 17.9. The average Bonchev–Trinajstić information content (AvgIpc) is 3.16. The number of rotatable bonds is 5. The Morgan fingerprint density at radius 1 is 1.23 bits per heavy atom. The van der Waals surface area contributed by atoms with Gasteiger partial charge in [-0.3, -0.25) is 14.5 Å². The lowest BCUT2D eigenvalue weighted by molar-refractivity contribution is 0.0793. The fourth-order valence-electron chi connectivity index (χ4n) is 4.39. The van der Waals surface area contributed by atoms with E-state index in [-0.39, 0.29) is 5.91 Å². The second-order valence-corrected chi connectivity index (χ2v) is 8.88. The smallest absolute Gasteiger partial charge is 0.274 e. The van der Waals surface area contributed by atoms with E-state index in [4.69, 9.17) is 5.10 Å². The summed E-state index contributed by atoms with van der Waals surface area (Å²) in [5.74, 6) is 0.534. The molecule has 0 bridgehead atoms. The lowest BCUT2D eigenvalue weighted by Crippen LogP contribution is -2.21. The molecule has 0 atom stereocenters. The van der Waals surface area contributed by atoms with E-state index < -0.39 is 5.60 Å². The molecule has 158 valence electrons. The van der Waals surface area contributed by atoms with Gasteiger partial charge in [-0.25, -0.2) is 0 Å². The molecule has 4 rings (SSSR count). The third-order valence-corrected chi connectivity index (χ3v) is 6.23. The summed E-state index contributed by atoms with van der Waals surface area (Å²) in [5.41, 5.74) is 1.27. The van der Waals surface area contributed by atoms with Crippen molar-refractivity contribution < 1.29 is 9.90 Å². The Morgan fingerprint density at radius 3 is 2.63 bits per heavy atom. The van der Waals surface area contributed by atoms with Gasteiger partial charge < -0.3 is 10.4 Å². The van der Waals surface area contributed by atoms with Crippen molar-refractivity contribution >= 4 is 22.5 Å². The van der Waals surface area contributed by atoms with Gasteiger partial charge in [0.1, 0.15) is 5.69 Å². The van der Waals surface area contributed by atoms with Crippen LogP contribution in [0.25, 0.3) is 10.9 Å². The summed E-state index contributed by atoms with van der Waals surface area (Å²) in [5, 5.41) is 19.4. The first kappa shape index (κ1) is 20.5. The molecule has 0 saturated heterocycles. The number of aromatic nitrogens is 3. The Morgan fingerprint density at radius 2 is 2.00 bits per heavy atom. The van der Waals surface area contributed by atoms with Crippen molar-refractivity contribution in [3.8, 4) is 0 Å². The normalized spacial score (nSPS) is 19.7. The number of carbonyl (C=O) groups excluding carboxylic acids is 1. The number of pyridine rings is 1. The Hall–Kier alpha value is -2.73. The van der Waals surface area contributed by atoms with E-state index in [1.54, 1.807) is 38.2 Å². The Bertz CT molecular complexity index is 1030. The minimum Gasteiger partial charge on any atom is -0.386 e. The van der Waals surface area contributed by atoms with Crippen LogP contribution < -0.4 is 5.32 Å². The molecule has 1 aliphatic rings. The van der Waals surface area contributed by atoms with Crippen LogP contribution in [-0.2, 0) is 5.60 Å². The summed E-state index contributed by atoms with van der Waals surface area (Å²) in [6.45, 7) is 5.70. The summed E-state index contributed by atoms with van der Waals surface area (Å²) in [4.78, 5) is 16.8. The molecule has 1 amide bonds. The predicted octanol–water partition coefficient (Wildman–Crippen LogP) is 5.05. The highest BCUT2D eigenvalue weighted by atomic mass is 16.3. The molecule has 2 heterocycles. The number of amides is 1. The van der Waals surface area contributed by atoms with E-state index in [0.29, 0.717) is 23.0 Å². The van der Waals surface area contributed by atoms with Gasteiger partial charge in [0.15, 0.2) is 0 Å². The third-order valence-electron chi connectivity index (χ3n) is 6.23. The Labute approximate surface area is 177 Å². The van der Waals surface area contributed by atoms with Gasteiger partial charge in [0, 0.05) is 29.0 Å². The molecule has 3 aromatic rings. The maximum atomic E-state index is 12.7. The van der Waals surface area contributed by atoms with Crippen molar-refractivity contribution in [2.45, 2.75) is 64.5 Å². The predicted molar refractivity (Wildman–Crippen MR) is 118 cm³/mol. The van der Waals surface area contributed by atoms with Crippen LogP contribution in [0.5, 0.6) is 0 Å². The highest BCUT2D eigenvalue weighted by molar-refractivity contribution is 6.04. The van der Waals surface area contributed by atoms with Gasteiger partial charge in [-0.05, 0) is 69.7 Å². The average molecular weight is 407 g/mol. The second-order valence-electron chi connectivity index (χ2n) is 8.88. The van der Waals surface area contributed by atoms with Crippen molar-refractivity contribution in [1.29, 1.82) is 0 Å². The molecule has 1 aliphatic carbocycles. The number of carbonyl (C=O) groups is 1. The van der Waals surface area contributed by atoms with E-state index in [1.807, 2.05) is 12.1 Å². The number of nitrogens with zero attached hydrogens (tertiary/aromatic N) is 3. The van der Waals surface area contributed by atoms with Gasteiger partial charge in [-0.1, -0.05) is 19.4 Å². The summed E-state index contributed by atoms with van der Waals surface area (Å²) in [6.07, 6.45) is 9.70. The summed E-state index contributed by atoms with van der Waals surface area (Å²) >= 11 is 0. The van der Waals surface area contributed by atoms with Crippen LogP contribution >= 0.6 is 0 Å². The minimum atomic E-state index is -1.12. The lowest BCUT2D eigenvalue weighted by atomic mass is 9.85. The van der Waals surface area contributed by atoms with Crippen molar-refractivity contribution in [1.82, 2.24) is 14.8 Å². The van der Waals surface area contributed by atoms with Crippen molar-refractivity contribution in [2.24, 2.45) is 5.92 Å². The van der Waals surface area contributed by atoms with Crippen LogP contribution in [-0.4, -0.2) is 25.8 Å². The first-order valence-corrected chi connectivity index (χ1v) is 10.8. The topological polar surface area (TPSA) is 80.0 Å². The van der Waals surface area contributed by atoms with Crippen molar-refractivity contribution in [2.75, 3.05) is 5.32 Å². The van der Waals surface area contributed by atoms with Crippen molar-refractivity contribution in [3.63, 3.8) is 0 Å². The zero-order chi connectivity index (χ0) is 21.3. The van der Waals surface area contributed by atoms with Gasteiger partial charge in [0.2, 0.25) is 0 Å². The van der Waals surface area contributed by atoms with Crippen LogP contribution in [0.4, 0.5) is 5.69 Å². The number of hydrogen-bond acceptors (Lipinski definition) is 4. The van der Waals surface area contributed by atoms with Gasteiger partial charge in [-0.2, -0.15) is 5.10 Å². The van der Waals surface area contributed by atoms with Gasteiger partial charge in [0.25, 0.3) is 5.91 Å². The van der Waals surface area contributed by atoms with E-state index in [1.165, 1.54) is 19.3 Å². The molecule has 2 aromatic heterocycles. The Balaban J connectivity index is 1.66. The fraction of sp³-hybridized carbons (Fsp3) is 0.458.